The van der Waals surface area contributed by atoms with Gasteiger partial charge in [0.1, 0.15) is 0 Å². The third kappa shape index (κ3) is 2.13. The highest BCUT2D eigenvalue weighted by molar-refractivity contribution is 6.35. The van der Waals surface area contributed by atoms with E-state index in [9.17, 15) is 5.11 Å². The van der Waals surface area contributed by atoms with Gasteiger partial charge in [0, 0.05) is 10.0 Å². The van der Waals surface area contributed by atoms with Crippen LogP contribution >= 0.6 is 23.2 Å². The molecule has 0 radical (unpaired) electrons. The van der Waals surface area contributed by atoms with Crippen molar-refractivity contribution in [2.45, 2.75) is 31.4 Å². The Hall–Kier alpha value is -0.280. The molecule has 0 spiro atoms. The Bertz CT molecular complexity index is 381. The molecule has 0 aliphatic heterocycles. The molecule has 0 fully saturated rings. The maximum Gasteiger partial charge on any atom is 0.0733 e. The van der Waals surface area contributed by atoms with Gasteiger partial charge in [-0.15, -0.1) is 0 Å². The van der Waals surface area contributed by atoms with Crippen molar-refractivity contribution in [2.75, 3.05) is 0 Å². The van der Waals surface area contributed by atoms with Crippen LogP contribution in [0.3, 0.4) is 0 Å². The number of aliphatic hydroxyl groups excluding tert-OH is 1. The second-order valence-electron chi connectivity index (χ2n) is 3.94. The minimum absolute atomic E-state index is 0.376. The predicted octanol–water partition coefficient (Wildman–Crippen LogP) is 2.69. The molecule has 0 aromatic heterocycles. The molecule has 2 atom stereocenters. The van der Waals surface area contributed by atoms with Crippen molar-refractivity contribution in [2.24, 2.45) is 5.73 Å². The van der Waals surface area contributed by atoms with E-state index in [1.165, 1.54) is 0 Å². The van der Waals surface area contributed by atoms with Crippen LogP contribution in [0.2, 0.25) is 10.0 Å². The van der Waals surface area contributed by atoms with E-state index in [4.69, 9.17) is 28.9 Å². The van der Waals surface area contributed by atoms with Gasteiger partial charge < -0.3 is 10.8 Å². The molecule has 0 saturated heterocycles. The van der Waals surface area contributed by atoms with E-state index in [1.807, 2.05) is 6.07 Å². The molecule has 2 nitrogen and oxygen atoms in total. The second kappa shape index (κ2) is 4.30. The fourth-order valence-electron chi connectivity index (χ4n) is 2.06. The number of aliphatic hydroxyl groups is 1. The zero-order valence-electron chi connectivity index (χ0n) is 8.21. The average molecular weight is 246 g/mol. The molecular weight excluding hydrogens is 233 g/mol. The highest BCUT2D eigenvalue weighted by Crippen LogP contribution is 2.34. The van der Waals surface area contributed by atoms with E-state index in [2.05, 4.69) is 0 Å². The molecule has 2 rings (SSSR count). The van der Waals surface area contributed by atoms with Gasteiger partial charge in [-0.3, -0.25) is 0 Å². The van der Waals surface area contributed by atoms with Gasteiger partial charge in [-0.2, -0.15) is 0 Å². The number of hydrogen-bond donors (Lipinski definition) is 2. The van der Waals surface area contributed by atoms with Gasteiger partial charge in [0.15, 0.2) is 0 Å². The molecule has 4 heteroatoms. The van der Waals surface area contributed by atoms with Gasteiger partial charge in [0.2, 0.25) is 0 Å². The van der Waals surface area contributed by atoms with E-state index < -0.39 is 6.10 Å². The summed E-state index contributed by atoms with van der Waals surface area (Å²) in [7, 11) is 0. The first kappa shape index (κ1) is 11.2. The van der Waals surface area contributed by atoms with E-state index in [0.717, 1.165) is 24.0 Å². The largest absolute Gasteiger partial charge is 0.391 e. The molecule has 0 amide bonds. The first-order chi connectivity index (χ1) is 7.09. The summed E-state index contributed by atoms with van der Waals surface area (Å²) in [5.41, 5.74) is 7.88. The van der Waals surface area contributed by atoms with E-state index in [-0.39, 0.29) is 6.04 Å². The van der Waals surface area contributed by atoms with Crippen molar-refractivity contribution in [3.63, 3.8) is 0 Å². The molecular formula is C11H13Cl2NO. The summed E-state index contributed by atoms with van der Waals surface area (Å²) in [6.45, 7) is 0. The van der Waals surface area contributed by atoms with Gasteiger partial charge in [-0.05, 0) is 42.5 Å². The van der Waals surface area contributed by atoms with E-state index in [0.29, 0.717) is 16.5 Å². The fourth-order valence-corrected chi connectivity index (χ4v) is 2.66. The molecule has 1 aromatic rings. The van der Waals surface area contributed by atoms with Crippen LogP contribution in [0.5, 0.6) is 0 Å². The van der Waals surface area contributed by atoms with Crippen LogP contribution in [0.15, 0.2) is 12.1 Å². The highest BCUT2D eigenvalue weighted by Gasteiger charge is 2.24. The molecule has 1 aliphatic rings. The van der Waals surface area contributed by atoms with Crippen LogP contribution in [-0.2, 0) is 6.42 Å². The van der Waals surface area contributed by atoms with Crippen LogP contribution in [-0.4, -0.2) is 11.2 Å². The Kier molecular flexibility index (Phi) is 3.21. The lowest BCUT2D eigenvalue weighted by Gasteiger charge is -2.18. The molecule has 1 aliphatic carbocycles. The van der Waals surface area contributed by atoms with Crippen LogP contribution in [0, 0.1) is 0 Å². The second-order valence-corrected chi connectivity index (χ2v) is 4.78. The van der Waals surface area contributed by atoms with E-state index >= 15 is 0 Å². The minimum Gasteiger partial charge on any atom is -0.391 e. The van der Waals surface area contributed by atoms with E-state index in [1.54, 1.807) is 6.07 Å². The number of nitrogens with two attached hydrogens (primary N) is 1. The number of fused-ring (bicyclic) bond motifs is 1. The summed E-state index contributed by atoms with van der Waals surface area (Å²) in [4.78, 5) is 0. The normalized spacial score (nSPS) is 25.9. The van der Waals surface area contributed by atoms with Gasteiger partial charge in [0.25, 0.3) is 0 Å². The minimum atomic E-state index is -0.499. The number of benzene rings is 1. The maximum absolute atomic E-state index is 9.78. The Morgan fingerprint density at radius 1 is 1.33 bits per heavy atom. The summed E-state index contributed by atoms with van der Waals surface area (Å²) < 4.78 is 0. The van der Waals surface area contributed by atoms with Crippen molar-refractivity contribution >= 4 is 23.2 Å². The first-order valence-corrected chi connectivity index (χ1v) is 5.76. The van der Waals surface area contributed by atoms with Gasteiger partial charge >= 0.3 is 0 Å². The average Bonchev–Trinajstić information content (AvgIpc) is 2.30. The quantitative estimate of drug-likeness (QED) is 0.691. The number of halogens is 2. The van der Waals surface area contributed by atoms with Gasteiger partial charge in [-0.25, -0.2) is 0 Å². The number of rotatable bonds is 0. The zero-order valence-corrected chi connectivity index (χ0v) is 9.72. The molecule has 0 unspecified atom stereocenters. The summed E-state index contributed by atoms with van der Waals surface area (Å²) >= 11 is 12.0. The van der Waals surface area contributed by atoms with Crippen molar-refractivity contribution < 1.29 is 5.11 Å². The predicted molar refractivity (Wildman–Crippen MR) is 62.3 cm³/mol. The van der Waals surface area contributed by atoms with Crippen LogP contribution < -0.4 is 5.73 Å². The summed E-state index contributed by atoms with van der Waals surface area (Å²) in [6.07, 6.45) is 1.98. The first-order valence-electron chi connectivity index (χ1n) is 5.01. The topological polar surface area (TPSA) is 46.2 Å². The monoisotopic (exact) mass is 245 g/mol. The lowest BCUT2D eigenvalue weighted by molar-refractivity contribution is 0.136. The standard InChI is InChI=1S/C11H13Cl2NO/c12-6-4-8-7(9(13)5-6)2-1-3-10(15)11(8)14/h4-5,10-11,15H,1-3,14H2/t10-,11+/m1/s1. The third-order valence-electron chi connectivity index (χ3n) is 2.90. The van der Waals surface area contributed by atoms with Crippen LogP contribution in [0.25, 0.3) is 0 Å². The maximum atomic E-state index is 9.78. The summed E-state index contributed by atoms with van der Waals surface area (Å²) in [5, 5.41) is 11.0. The lowest BCUT2D eigenvalue weighted by atomic mass is 9.98. The number of hydrogen-bond acceptors (Lipinski definition) is 2. The van der Waals surface area contributed by atoms with Gasteiger partial charge in [-0.1, -0.05) is 23.2 Å². The van der Waals surface area contributed by atoms with Crippen molar-refractivity contribution in [3.8, 4) is 0 Å². The van der Waals surface area contributed by atoms with Crippen LogP contribution in [0.4, 0.5) is 0 Å². The molecule has 0 saturated carbocycles. The molecule has 0 heterocycles. The summed E-state index contributed by atoms with van der Waals surface area (Å²) in [5.74, 6) is 0. The lowest BCUT2D eigenvalue weighted by Crippen LogP contribution is -2.25. The SMILES string of the molecule is N[C@H]1c2cc(Cl)cc(Cl)c2CCC[C@H]1O. The molecule has 1 aromatic carbocycles. The third-order valence-corrected chi connectivity index (χ3v) is 3.45. The molecule has 0 bridgehead atoms. The smallest absolute Gasteiger partial charge is 0.0733 e. The Labute approximate surface area is 99.0 Å². The van der Waals surface area contributed by atoms with Crippen molar-refractivity contribution in [1.82, 2.24) is 0 Å². The van der Waals surface area contributed by atoms with Gasteiger partial charge in [0.05, 0.1) is 12.1 Å². The molecule has 15 heavy (non-hydrogen) atoms. The fraction of sp³-hybridized carbons (Fsp3) is 0.455. The Balaban J connectivity index is 2.53. The molecule has 82 valence electrons. The Morgan fingerprint density at radius 3 is 2.80 bits per heavy atom. The highest BCUT2D eigenvalue weighted by atomic mass is 35.5. The van der Waals surface area contributed by atoms with Crippen molar-refractivity contribution in [1.29, 1.82) is 0 Å². The zero-order chi connectivity index (χ0) is 11.0. The Morgan fingerprint density at radius 2 is 2.07 bits per heavy atom. The molecule has 3 N–H and O–H groups in total. The van der Waals surface area contributed by atoms with Crippen molar-refractivity contribution in [3.05, 3.63) is 33.3 Å². The summed E-state index contributed by atoms with van der Waals surface area (Å²) in [6, 6.07) is 3.16. The van der Waals surface area contributed by atoms with Crippen LogP contribution in [0.1, 0.15) is 30.0 Å².